The Morgan fingerprint density at radius 3 is 1.35 bits per heavy atom. The van der Waals surface area contributed by atoms with Crippen LogP contribution in [0.15, 0.2) is 104 Å². The number of carbonyl (C=O) groups excluding carboxylic acids is 4. The minimum atomic E-state index is -0.819. The third-order valence-corrected chi connectivity index (χ3v) is 4.50. The smallest absolute Gasteiger partial charge is 0.561 e. The van der Waals surface area contributed by atoms with Crippen molar-refractivity contribution in [2.75, 3.05) is 0 Å². The fourth-order valence-corrected chi connectivity index (χ4v) is 2.79. The predicted octanol–water partition coefficient (Wildman–Crippen LogP) is 2.88. The van der Waals surface area contributed by atoms with Gasteiger partial charge < -0.3 is 19.0 Å². The average molecular weight is 554 g/mol. The Morgan fingerprint density at radius 1 is 0.649 bits per heavy atom. The molecule has 0 amide bonds. The van der Waals surface area contributed by atoms with Gasteiger partial charge in [0.2, 0.25) is 11.5 Å². The Bertz CT molecular complexity index is 1310. The molecule has 10 nitrogen and oxygen atoms in total. The normalized spacial score (nSPS) is 10.4. The predicted molar refractivity (Wildman–Crippen MR) is 135 cm³/mol. The first-order valence-corrected chi connectivity index (χ1v) is 10.3. The van der Waals surface area contributed by atoms with Gasteiger partial charge in [0, 0.05) is 9.59 Å². The second-order valence-corrected chi connectivity index (χ2v) is 6.93. The summed E-state index contributed by atoms with van der Waals surface area (Å²) in [5, 5.41) is 14.2. The number of hydrogen-bond donors (Lipinski definition) is 0. The van der Waals surface area contributed by atoms with Crippen molar-refractivity contribution in [3.05, 3.63) is 108 Å². The van der Waals surface area contributed by atoms with Crippen LogP contribution >= 0.6 is 0 Å². The molecule has 0 atom stereocenters. The van der Waals surface area contributed by atoms with Crippen molar-refractivity contribution >= 4 is 47.3 Å². The molecule has 2 aromatic carbocycles. The van der Waals surface area contributed by atoms with E-state index < -0.39 is 11.9 Å². The largest absolute Gasteiger partial charge is 2.00 e. The minimum Gasteiger partial charge on any atom is -0.561 e. The van der Waals surface area contributed by atoms with Crippen LogP contribution < -0.4 is 0 Å². The van der Waals surface area contributed by atoms with Gasteiger partial charge in [0.15, 0.2) is 0 Å². The molecule has 0 fully saturated rings. The van der Waals surface area contributed by atoms with Gasteiger partial charge in [-0.3, -0.25) is 9.59 Å². The van der Waals surface area contributed by atoms with Crippen LogP contribution in [0.2, 0.25) is 0 Å². The van der Waals surface area contributed by atoms with Crippen molar-refractivity contribution < 1.29 is 55.3 Å². The molecule has 2 heterocycles. The van der Waals surface area contributed by atoms with Gasteiger partial charge in [-0.1, -0.05) is 24.3 Å². The zero-order valence-corrected chi connectivity index (χ0v) is 19.9. The summed E-state index contributed by atoms with van der Waals surface area (Å²) in [7, 11) is 0. The summed E-state index contributed by atoms with van der Waals surface area (Å²) in [6.45, 7) is 0. The van der Waals surface area contributed by atoms with Gasteiger partial charge in [-0.25, -0.2) is 9.98 Å². The number of benzene rings is 2. The number of rotatable bonds is 8. The molecule has 0 aliphatic carbocycles. The van der Waals surface area contributed by atoms with Crippen LogP contribution in [0.25, 0.3) is 0 Å². The van der Waals surface area contributed by atoms with Crippen LogP contribution in [0, 0.1) is 0 Å². The van der Waals surface area contributed by atoms with Gasteiger partial charge in [0.25, 0.3) is 0 Å². The van der Waals surface area contributed by atoms with E-state index in [2.05, 4.69) is 9.98 Å². The zero-order chi connectivity index (χ0) is 25.9. The third-order valence-electron chi connectivity index (χ3n) is 4.50. The number of para-hydroxylation sites is 2. The maximum atomic E-state index is 11.0. The quantitative estimate of drug-likeness (QED) is 0.141. The van der Waals surface area contributed by atoms with Gasteiger partial charge in [-0.05, 0) is 48.5 Å². The summed E-state index contributed by atoms with van der Waals surface area (Å²) in [6.07, 6.45) is 5.22. The Balaban J connectivity index is 0.000000253. The standard InChI is InChI=1S/2C13H9NO4.Cu/c2*15-11(12-6-3-7-18-12)8-14-10-5-2-1-4-9(10)13(16)17;/h2*1-8H,(H,16,17);/q;;+2/p+4. The fourth-order valence-electron chi connectivity index (χ4n) is 2.79. The maximum absolute atomic E-state index is 11.0. The Labute approximate surface area is 220 Å². The molecule has 2 aromatic heterocycles. The molecular formula is C26H22CuN2O8+6. The molecular weight excluding hydrogens is 532 g/mol. The van der Waals surface area contributed by atoms with Crippen molar-refractivity contribution in [3.8, 4) is 0 Å². The average Bonchev–Trinajstić information content (AvgIpc) is 3.61. The van der Waals surface area contributed by atoms with E-state index in [1.807, 2.05) is 0 Å². The van der Waals surface area contributed by atoms with E-state index in [1.165, 1.54) is 37.1 Å². The Hall–Kier alpha value is -4.86. The number of carbonyl (C=O) groups is 2. The summed E-state index contributed by atoms with van der Waals surface area (Å²) in [4.78, 5) is 49.3. The van der Waals surface area contributed by atoms with Crippen LogP contribution in [0.4, 0.5) is 11.4 Å². The Kier molecular flexibility index (Phi) is 10.6. The first kappa shape index (κ1) is 28.4. The van der Waals surface area contributed by atoms with Crippen molar-refractivity contribution in [1.82, 2.24) is 0 Å². The molecule has 0 saturated heterocycles. The van der Waals surface area contributed by atoms with Gasteiger partial charge in [-0.15, -0.1) is 0 Å². The number of hydrogen-bond acceptors (Lipinski definition) is 6. The van der Waals surface area contributed by atoms with E-state index in [-0.39, 0.29) is 51.3 Å². The van der Waals surface area contributed by atoms with Gasteiger partial charge in [-0.2, -0.15) is 0 Å². The Morgan fingerprint density at radius 2 is 1.03 bits per heavy atom. The van der Waals surface area contributed by atoms with Crippen molar-refractivity contribution in [2.45, 2.75) is 0 Å². The number of ketones is 2. The number of nitrogens with zero attached hydrogens (tertiary/aromatic N) is 2. The molecule has 4 aromatic rings. The molecule has 0 aliphatic heterocycles. The molecule has 0 spiro atoms. The fraction of sp³-hybridized carbons (Fsp3) is 0. The SMILES string of the molecule is O=C([OH2+])c1ccccc1N=CC(=[OH+])c1ccco1.O=C([OH2+])c1ccccc1N=CC(=[OH+])c1ccco1.[Cu+2]. The molecule has 189 valence electrons. The maximum Gasteiger partial charge on any atom is 2.00 e. The third kappa shape index (κ3) is 8.10. The summed E-state index contributed by atoms with van der Waals surface area (Å²) in [5.74, 6) is -1.36. The van der Waals surface area contributed by atoms with E-state index in [9.17, 15) is 19.2 Å². The van der Waals surface area contributed by atoms with Crippen LogP contribution in [0.5, 0.6) is 0 Å². The zero-order valence-electron chi connectivity index (χ0n) is 19.0. The second-order valence-electron chi connectivity index (χ2n) is 6.93. The first-order chi connectivity index (χ1) is 17.4. The summed E-state index contributed by atoms with van der Waals surface area (Å²) < 4.78 is 9.96. The molecule has 0 unspecified atom stereocenters. The van der Waals surface area contributed by atoms with E-state index in [4.69, 9.17) is 19.0 Å². The van der Waals surface area contributed by atoms with E-state index >= 15 is 0 Å². The molecule has 6 N–H and O–H groups in total. The molecule has 0 bridgehead atoms. The van der Waals surface area contributed by atoms with Crippen molar-refractivity contribution in [3.63, 3.8) is 0 Å². The summed E-state index contributed by atoms with van der Waals surface area (Å²) >= 11 is 0. The van der Waals surface area contributed by atoms with Crippen LogP contribution in [-0.2, 0) is 17.1 Å². The van der Waals surface area contributed by atoms with Gasteiger partial charge in [0.05, 0.1) is 23.9 Å². The minimum absolute atomic E-state index is 0. The van der Waals surface area contributed by atoms with Crippen LogP contribution in [0.1, 0.15) is 32.2 Å². The van der Waals surface area contributed by atoms with E-state index in [0.717, 1.165) is 0 Å². The number of aliphatic imine (C=N–C) groups is 2. The van der Waals surface area contributed by atoms with Crippen molar-refractivity contribution in [2.24, 2.45) is 9.98 Å². The van der Waals surface area contributed by atoms with Crippen molar-refractivity contribution in [1.29, 1.82) is 0 Å². The molecule has 11 heteroatoms. The van der Waals surface area contributed by atoms with E-state index in [0.29, 0.717) is 11.4 Å². The second kappa shape index (κ2) is 13.9. The molecule has 0 saturated carbocycles. The summed E-state index contributed by atoms with van der Waals surface area (Å²) in [6, 6.07) is 19.3. The van der Waals surface area contributed by atoms with Crippen LogP contribution in [-0.4, -0.2) is 55.7 Å². The monoisotopic (exact) mass is 553 g/mol. The molecule has 0 aliphatic rings. The topological polar surface area (TPSA) is 174 Å². The molecule has 4 rings (SSSR count). The molecule has 1 radical (unpaired) electrons. The van der Waals surface area contributed by atoms with Gasteiger partial charge in [0.1, 0.15) is 23.6 Å². The van der Waals surface area contributed by atoms with Gasteiger partial charge >= 0.3 is 40.6 Å². The summed E-state index contributed by atoms with van der Waals surface area (Å²) in [5.41, 5.74) is 1.02. The first-order valence-electron chi connectivity index (χ1n) is 10.3. The van der Waals surface area contributed by atoms with Crippen LogP contribution in [0.3, 0.4) is 0 Å². The molecule has 37 heavy (non-hydrogen) atoms. The van der Waals surface area contributed by atoms with E-state index in [1.54, 1.807) is 60.7 Å². The number of furan rings is 2.